The van der Waals surface area contributed by atoms with Gasteiger partial charge in [0, 0.05) is 41.7 Å². The van der Waals surface area contributed by atoms with E-state index >= 15 is 0 Å². The van der Waals surface area contributed by atoms with Crippen LogP contribution < -0.4 is 4.90 Å². The molecular weight excluding hydrogens is 395 g/mol. The molecule has 2 heterocycles. The van der Waals surface area contributed by atoms with Gasteiger partial charge in [-0.05, 0) is 52.0 Å². The summed E-state index contributed by atoms with van der Waals surface area (Å²) >= 11 is 0. The lowest BCUT2D eigenvalue weighted by Crippen LogP contribution is -2.39. The van der Waals surface area contributed by atoms with Crippen LogP contribution in [0.2, 0.25) is 0 Å². The van der Waals surface area contributed by atoms with Crippen molar-refractivity contribution in [3.63, 3.8) is 0 Å². The molecule has 1 unspecified atom stereocenters. The highest BCUT2D eigenvalue weighted by Gasteiger charge is 2.36. The average Bonchev–Trinajstić information content (AvgIpc) is 2.66. The van der Waals surface area contributed by atoms with Gasteiger partial charge < -0.3 is 14.7 Å². The molecule has 0 radical (unpaired) electrons. The van der Waals surface area contributed by atoms with Gasteiger partial charge in [-0.3, -0.25) is 4.98 Å². The fourth-order valence-corrected chi connectivity index (χ4v) is 4.06. The highest BCUT2D eigenvalue weighted by atomic mass is 19.1. The van der Waals surface area contributed by atoms with Crippen LogP contribution in [0.4, 0.5) is 10.1 Å². The summed E-state index contributed by atoms with van der Waals surface area (Å²) in [5.41, 5.74) is 2.35. The molecule has 1 saturated heterocycles. The molecular formula is C25H33FN2O3. The molecule has 1 aliphatic rings. The number of carboxylic acid groups (broad SMARTS) is 1. The maximum Gasteiger partial charge on any atom is 0.337 e. The minimum atomic E-state index is -1.20. The summed E-state index contributed by atoms with van der Waals surface area (Å²) in [7, 11) is 0. The van der Waals surface area contributed by atoms with Crippen LogP contribution in [0.25, 0.3) is 11.1 Å². The number of piperidine rings is 1. The highest BCUT2D eigenvalue weighted by Crippen LogP contribution is 2.43. The van der Waals surface area contributed by atoms with Gasteiger partial charge in [0.2, 0.25) is 0 Å². The van der Waals surface area contributed by atoms with Crippen LogP contribution in [-0.4, -0.2) is 34.8 Å². The predicted octanol–water partition coefficient (Wildman–Crippen LogP) is 5.76. The maximum absolute atomic E-state index is 14.8. The topological polar surface area (TPSA) is 62.7 Å². The summed E-state index contributed by atoms with van der Waals surface area (Å²) in [5, 5.41) is 10.1. The molecule has 168 valence electrons. The van der Waals surface area contributed by atoms with Gasteiger partial charge in [-0.1, -0.05) is 32.0 Å². The van der Waals surface area contributed by atoms with E-state index in [-0.39, 0.29) is 11.2 Å². The fraction of sp³-hybridized carbons (Fsp3) is 0.520. The molecule has 0 amide bonds. The van der Waals surface area contributed by atoms with Gasteiger partial charge in [-0.25, -0.2) is 9.18 Å². The highest BCUT2D eigenvalue weighted by molar-refractivity contribution is 5.86. The van der Waals surface area contributed by atoms with E-state index in [1.807, 2.05) is 20.8 Å². The summed E-state index contributed by atoms with van der Waals surface area (Å²) < 4.78 is 20.8. The number of aromatic nitrogens is 1. The summed E-state index contributed by atoms with van der Waals surface area (Å²) in [6.45, 7) is 13.3. The smallest absolute Gasteiger partial charge is 0.337 e. The Balaban J connectivity index is 2.25. The molecule has 1 aliphatic heterocycles. The van der Waals surface area contributed by atoms with Crippen molar-refractivity contribution in [2.75, 3.05) is 18.0 Å². The van der Waals surface area contributed by atoms with E-state index in [4.69, 9.17) is 4.74 Å². The third-order valence-corrected chi connectivity index (χ3v) is 5.84. The SMILES string of the molecule is Cc1ncc(-c2ccccc2F)c(N2CCC(C)(C)CC2)c1C(OC(C)(C)C)C(=O)O. The molecule has 0 bridgehead atoms. The van der Waals surface area contributed by atoms with Crippen LogP contribution in [0.15, 0.2) is 30.5 Å². The minimum absolute atomic E-state index is 0.213. The van der Waals surface area contributed by atoms with Crippen LogP contribution in [0.5, 0.6) is 0 Å². The Morgan fingerprint density at radius 2 is 1.81 bits per heavy atom. The standard InChI is InChI=1S/C25H33FN2O3/c1-16-20(22(23(29)30)31-24(2,3)4)21(28-13-11-25(5,6)12-14-28)18(15-27-16)17-9-7-8-10-19(17)26/h7-10,15,22H,11-14H2,1-6H3,(H,29,30). The Kier molecular flexibility index (Phi) is 6.42. The van der Waals surface area contributed by atoms with Crippen molar-refractivity contribution >= 4 is 11.7 Å². The molecule has 0 spiro atoms. The van der Waals surface area contributed by atoms with Gasteiger partial charge in [-0.2, -0.15) is 0 Å². The monoisotopic (exact) mass is 428 g/mol. The molecule has 1 fully saturated rings. The van der Waals surface area contributed by atoms with E-state index in [0.29, 0.717) is 28.1 Å². The number of ether oxygens (including phenoxy) is 1. The number of pyridine rings is 1. The molecule has 0 aliphatic carbocycles. The van der Waals surface area contributed by atoms with E-state index < -0.39 is 17.7 Å². The maximum atomic E-state index is 14.8. The van der Waals surface area contributed by atoms with Gasteiger partial charge in [0.1, 0.15) is 5.82 Å². The number of carboxylic acids is 1. The van der Waals surface area contributed by atoms with E-state index in [9.17, 15) is 14.3 Å². The molecule has 5 nitrogen and oxygen atoms in total. The number of benzene rings is 1. The number of rotatable bonds is 5. The number of carbonyl (C=O) groups is 1. The van der Waals surface area contributed by atoms with Crippen molar-refractivity contribution in [3.05, 3.63) is 47.5 Å². The molecule has 2 aromatic rings. The van der Waals surface area contributed by atoms with Crippen LogP contribution in [0.1, 0.15) is 64.8 Å². The predicted molar refractivity (Wildman–Crippen MR) is 121 cm³/mol. The van der Waals surface area contributed by atoms with Crippen molar-refractivity contribution < 1.29 is 19.0 Å². The van der Waals surface area contributed by atoms with Gasteiger partial charge in [0.05, 0.1) is 11.3 Å². The van der Waals surface area contributed by atoms with Crippen LogP contribution in [0.3, 0.4) is 0 Å². The van der Waals surface area contributed by atoms with Gasteiger partial charge in [0.15, 0.2) is 6.10 Å². The van der Waals surface area contributed by atoms with Gasteiger partial charge in [0.25, 0.3) is 0 Å². The second-order valence-corrected chi connectivity index (χ2v) is 10.1. The number of hydrogen-bond acceptors (Lipinski definition) is 4. The summed E-state index contributed by atoms with van der Waals surface area (Å²) in [4.78, 5) is 19.0. The fourth-order valence-electron chi connectivity index (χ4n) is 4.06. The molecule has 3 rings (SSSR count). The lowest BCUT2D eigenvalue weighted by atomic mass is 9.82. The van der Waals surface area contributed by atoms with Gasteiger partial charge in [-0.15, -0.1) is 0 Å². The van der Waals surface area contributed by atoms with Crippen molar-refractivity contribution in [1.29, 1.82) is 0 Å². The Hall–Kier alpha value is -2.47. The Bertz CT molecular complexity index is 956. The molecule has 1 aromatic carbocycles. The molecule has 1 atom stereocenters. The number of hydrogen-bond donors (Lipinski definition) is 1. The third kappa shape index (κ3) is 5.24. The summed E-state index contributed by atoms with van der Waals surface area (Å²) in [5.74, 6) is -1.44. The van der Waals surface area contributed by atoms with E-state index in [0.717, 1.165) is 25.9 Å². The summed E-state index contributed by atoms with van der Waals surface area (Å²) in [6.07, 6.45) is 2.37. The van der Waals surface area contributed by atoms with E-state index in [1.54, 1.807) is 31.3 Å². The number of anilines is 1. The molecule has 1 aromatic heterocycles. The third-order valence-electron chi connectivity index (χ3n) is 5.84. The lowest BCUT2D eigenvalue weighted by Gasteiger charge is -2.41. The zero-order valence-corrected chi connectivity index (χ0v) is 19.3. The number of aliphatic carboxylic acids is 1. The van der Waals surface area contributed by atoms with Gasteiger partial charge >= 0.3 is 5.97 Å². The first-order valence-corrected chi connectivity index (χ1v) is 10.8. The number of halogens is 1. The number of aryl methyl sites for hydroxylation is 1. The molecule has 0 saturated carbocycles. The second-order valence-electron chi connectivity index (χ2n) is 10.1. The second kappa shape index (κ2) is 8.58. The van der Waals surface area contributed by atoms with Crippen molar-refractivity contribution in [3.8, 4) is 11.1 Å². The Morgan fingerprint density at radius 3 is 2.35 bits per heavy atom. The Morgan fingerprint density at radius 1 is 1.19 bits per heavy atom. The van der Waals surface area contributed by atoms with Crippen molar-refractivity contribution in [1.82, 2.24) is 4.98 Å². The summed E-state index contributed by atoms with van der Waals surface area (Å²) in [6, 6.07) is 6.55. The zero-order chi connectivity index (χ0) is 23.0. The average molecular weight is 429 g/mol. The van der Waals surface area contributed by atoms with Crippen LogP contribution >= 0.6 is 0 Å². The zero-order valence-electron chi connectivity index (χ0n) is 19.3. The van der Waals surface area contributed by atoms with Crippen molar-refractivity contribution in [2.24, 2.45) is 5.41 Å². The first-order valence-electron chi connectivity index (χ1n) is 10.8. The van der Waals surface area contributed by atoms with E-state index in [2.05, 4.69) is 23.7 Å². The quantitative estimate of drug-likeness (QED) is 0.656. The lowest BCUT2D eigenvalue weighted by molar-refractivity contribution is -0.160. The molecule has 31 heavy (non-hydrogen) atoms. The first kappa shape index (κ1) is 23.2. The largest absolute Gasteiger partial charge is 0.479 e. The number of nitrogens with zero attached hydrogens (tertiary/aromatic N) is 2. The van der Waals surface area contributed by atoms with E-state index in [1.165, 1.54) is 6.07 Å². The van der Waals surface area contributed by atoms with Crippen LogP contribution in [0, 0.1) is 18.2 Å². The molecule has 6 heteroatoms. The normalized spacial score (nSPS) is 17.5. The Labute approximate surface area is 184 Å². The molecule has 1 N–H and O–H groups in total. The van der Waals surface area contributed by atoms with Crippen molar-refractivity contribution in [2.45, 2.75) is 66.1 Å². The van der Waals surface area contributed by atoms with Crippen LogP contribution in [-0.2, 0) is 9.53 Å². The first-order chi connectivity index (χ1) is 14.4. The minimum Gasteiger partial charge on any atom is -0.479 e.